The van der Waals surface area contributed by atoms with E-state index in [2.05, 4.69) is 31.8 Å². The fourth-order valence-corrected chi connectivity index (χ4v) is 3.20. The van der Waals surface area contributed by atoms with Crippen molar-refractivity contribution in [3.63, 3.8) is 0 Å². The SMILES string of the molecule is COc1cc(/C=N\NC(=O)[C@@H](C)Nc2cccc3ccccc23)cc(Br)c1O. The quantitative estimate of drug-likeness (QED) is 0.394. The number of methoxy groups -OCH3 is 1. The van der Waals surface area contributed by atoms with E-state index >= 15 is 0 Å². The van der Waals surface area contributed by atoms with E-state index in [1.54, 1.807) is 19.1 Å². The van der Waals surface area contributed by atoms with Gasteiger partial charge in [0.25, 0.3) is 5.91 Å². The number of benzene rings is 3. The van der Waals surface area contributed by atoms with Gasteiger partial charge in [0.1, 0.15) is 6.04 Å². The van der Waals surface area contributed by atoms with Crippen molar-refractivity contribution >= 4 is 44.5 Å². The second kappa shape index (κ2) is 8.75. The molecule has 0 radical (unpaired) electrons. The summed E-state index contributed by atoms with van der Waals surface area (Å²) in [6, 6.07) is 16.7. The molecule has 1 amide bonds. The van der Waals surface area contributed by atoms with E-state index in [0.717, 1.165) is 16.5 Å². The molecule has 3 N–H and O–H groups in total. The molecular formula is C21H20BrN3O3. The van der Waals surface area contributed by atoms with Crippen LogP contribution in [0, 0.1) is 0 Å². The summed E-state index contributed by atoms with van der Waals surface area (Å²) < 4.78 is 5.57. The zero-order valence-electron chi connectivity index (χ0n) is 15.4. The van der Waals surface area contributed by atoms with Gasteiger partial charge < -0.3 is 15.2 Å². The maximum absolute atomic E-state index is 12.4. The number of halogens is 1. The van der Waals surface area contributed by atoms with Gasteiger partial charge in [-0.3, -0.25) is 4.79 Å². The molecule has 6 nitrogen and oxygen atoms in total. The Bertz CT molecular complexity index is 1030. The van der Waals surface area contributed by atoms with Gasteiger partial charge in [0.05, 0.1) is 17.8 Å². The lowest BCUT2D eigenvalue weighted by molar-refractivity contribution is -0.121. The highest BCUT2D eigenvalue weighted by Crippen LogP contribution is 2.34. The Morgan fingerprint density at radius 2 is 1.96 bits per heavy atom. The summed E-state index contributed by atoms with van der Waals surface area (Å²) in [6.07, 6.45) is 1.48. The highest BCUT2D eigenvalue weighted by Gasteiger charge is 2.13. The van der Waals surface area contributed by atoms with Gasteiger partial charge in [-0.25, -0.2) is 5.43 Å². The summed E-state index contributed by atoms with van der Waals surface area (Å²) in [5.41, 5.74) is 4.07. The van der Waals surface area contributed by atoms with Gasteiger partial charge in [-0.05, 0) is 52.0 Å². The molecule has 0 aliphatic rings. The number of fused-ring (bicyclic) bond motifs is 1. The van der Waals surface area contributed by atoms with Gasteiger partial charge in [-0.15, -0.1) is 0 Å². The van der Waals surface area contributed by atoms with Crippen molar-refractivity contribution in [3.05, 3.63) is 64.6 Å². The number of rotatable bonds is 6. The number of aromatic hydroxyl groups is 1. The fourth-order valence-electron chi connectivity index (χ4n) is 2.74. The van der Waals surface area contributed by atoms with Crippen LogP contribution in [-0.2, 0) is 4.79 Å². The molecule has 0 bridgehead atoms. The van der Waals surface area contributed by atoms with Crippen LogP contribution in [-0.4, -0.2) is 30.4 Å². The number of amides is 1. The minimum Gasteiger partial charge on any atom is -0.503 e. The van der Waals surface area contributed by atoms with Gasteiger partial charge in [0.2, 0.25) is 0 Å². The van der Waals surface area contributed by atoms with E-state index < -0.39 is 6.04 Å². The topological polar surface area (TPSA) is 83.0 Å². The zero-order valence-corrected chi connectivity index (χ0v) is 17.0. The number of nitrogens with zero attached hydrogens (tertiary/aromatic N) is 1. The molecule has 0 aromatic heterocycles. The second-order valence-electron chi connectivity index (χ2n) is 6.18. The van der Waals surface area contributed by atoms with Crippen LogP contribution in [0.4, 0.5) is 5.69 Å². The molecule has 0 fully saturated rings. The van der Waals surface area contributed by atoms with Gasteiger partial charge >= 0.3 is 0 Å². The molecule has 3 aromatic carbocycles. The van der Waals surface area contributed by atoms with Crippen LogP contribution >= 0.6 is 15.9 Å². The van der Waals surface area contributed by atoms with Crippen LogP contribution in [0.2, 0.25) is 0 Å². The van der Waals surface area contributed by atoms with Crippen molar-refractivity contribution in [1.29, 1.82) is 0 Å². The lowest BCUT2D eigenvalue weighted by Crippen LogP contribution is -2.34. The Morgan fingerprint density at radius 3 is 2.75 bits per heavy atom. The van der Waals surface area contributed by atoms with Crippen molar-refractivity contribution in [1.82, 2.24) is 5.43 Å². The molecular weight excluding hydrogens is 422 g/mol. The minimum atomic E-state index is -0.482. The molecule has 7 heteroatoms. The third-order valence-corrected chi connectivity index (χ3v) is 4.82. The van der Waals surface area contributed by atoms with E-state index in [9.17, 15) is 9.90 Å². The van der Waals surface area contributed by atoms with E-state index in [1.807, 2.05) is 42.5 Å². The minimum absolute atomic E-state index is 0.0107. The summed E-state index contributed by atoms with van der Waals surface area (Å²) in [4.78, 5) is 12.4. The third kappa shape index (κ3) is 4.43. The van der Waals surface area contributed by atoms with Crippen LogP contribution in [0.3, 0.4) is 0 Å². The second-order valence-corrected chi connectivity index (χ2v) is 7.03. The first-order valence-corrected chi connectivity index (χ1v) is 9.42. The Labute approximate surface area is 171 Å². The number of carbonyl (C=O) groups excluding carboxylic acids is 1. The first kappa shape index (κ1) is 19.7. The molecule has 3 rings (SSSR count). The summed E-state index contributed by atoms with van der Waals surface area (Å²) in [6.45, 7) is 1.77. The number of phenolic OH excluding ortho intramolecular Hbond substituents is 1. The largest absolute Gasteiger partial charge is 0.503 e. The van der Waals surface area contributed by atoms with Crippen LogP contribution < -0.4 is 15.5 Å². The van der Waals surface area contributed by atoms with E-state index in [-0.39, 0.29) is 11.7 Å². The zero-order chi connectivity index (χ0) is 20.1. The summed E-state index contributed by atoms with van der Waals surface area (Å²) in [5.74, 6) is 0.0544. The smallest absolute Gasteiger partial charge is 0.262 e. The number of hydrogen-bond acceptors (Lipinski definition) is 5. The maximum atomic E-state index is 12.4. The molecule has 0 heterocycles. The molecule has 0 aliphatic heterocycles. The molecule has 0 saturated heterocycles. The number of anilines is 1. The lowest BCUT2D eigenvalue weighted by Gasteiger charge is -2.15. The van der Waals surface area contributed by atoms with Crippen molar-refractivity contribution in [2.24, 2.45) is 5.10 Å². The third-order valence-electron chi connectivity index (χ3n) is 4.21. The normalized spacial score (nSPS) is 12.1. The van der Waals surface area contributed by atoms with Crippen molar-refractivity contribution < 1.29 is 14.6 Å². The molecule has 0 aliphatic carbocycles. The Morgan fingerprint density at radius 1 is 1.21 bits per heavy atom. The predicted molar refractivity (Wildman–Crippen MR) is 115 cm³/mol. The summed E-state index contributed by atoms with van der Waals surface area (Å²) >= 11 is 3.25. The van der Waals surface area contributed by atoms with Crippen molar-refractivity contribution in [2.45, 2.75) is 13.0 Å². The number of carbonyl (C=O) groups is 1. The van der Waals surface area contributed by atoms with Crippen LogP contribution in [0.1, 0.15) is 12.5 Å². The van der Waals surface area contributed by atoms with Crippen molar-refractivity contribution in [2.75, 3.05) is 12.4 Å². The lowest BCUT2D eigenvalue weighted by atomic mass is 10.1. The highest BCUT2D eigenvalue weighted by atomic mass is 79.9. The van der Waals surface area contributed by atoms with E-state index in [1.165, 1.54) is 13.3 Å². The van der Waals surface area contributed by atoms with E-state index in [0.29, 0.717) is 15.8 Å². The van der Waals surface area contributed by atoms with E-state index in [4.69, 9.17) is 4.74 Å². The van der Waals surface area contributed by atoms with Gasteiger partial charge in [0.15, 0.2) is 11.5 Å². The highest BCUT2D eigenvalue weighted by molar-refractivity contribution is 9.10. The molecule has 3 aromatic rings. The van der Waals surface area contributed by atoms with Gasteiger partial charge in [-0.2, -0.15) is 5.10 Å². The number of hydrazone groups is 1. The van der Waals surface area contributed by atoms with Gasteiger partial charge in [-0.1, -0.05) is 36.4 Å². The van der Waals surface area contributed by atoms with Crippen LogP contribution in [0.25, 0.3) is 10.8 Å². The Hall–Kier alpha value is -3.06. The molecule has 144 valence electrons. The first-order chi connectivity index (χ1) is 13.5. The fraction of sp³-hybridized carbons (Fsp3) is 0.143. The predicted octanol–water partition coefficient (Wildman–Crippen LogP) is 4.27. The van der Waals surface area contributed by atoms with Crippen LogP contribution in [0.15, 0.2) is 64.2 Å². The standard InChI is InChI=1S/C21H20BrN3O3/c1-13(24-18-9-5-7-15-6-3-4-8-16(15)18)21(27)25-23-12-14-10-17(22)20(26)19(11-14)28-2/h3-13,24,26H,1-2H3,(H,25,27)/b23-12-/t13-/m1/s1. The first-order valence-electron chi connectivity index (χ1n) is 8.63. The number of phenols is 1. The number of hydrogen-bond donors (Lipinski definition) is 3. The van der Waals surface area contributed by atoms with Crippen LogP contribution in [0.5, 0.6) is 11.5 Å². The van der Waals surface area contributed by atoms with Crippen molar-refractivity contribution in [3.8, 4) is 11.5 Å². The molecule has 1 atom stereocenters. The summed E-state index contributed by atoms with van der Waals surface area (Å²) in [5, 5.41) is 19.2. The number of ether oxygens (including phenoxy) is 1. The Kier molecular flexibility index (Phi) is 6.16. The van der Waals surface area contributed by atoms with Gasteiger partial charge in [0, 0.05) is 11.1 Å². The Balaban J connectivity index is 1.66. The molecule has 0 unspecified atom stereocenters. The average Bonchev–Trinajstić information content (AvgIpc) is 2.70. The molecule has 28 heavy (non-hydrogen) atoms. The monoisotopic (exact) mass is 441 g/mol. The average molecular weight is 442 g/mol. The number of nitrogens with one attached hydrogen (secondary N) is 2. The molecule has 0 spiro atoms. The summed E-state index contributed by atoms with van der Waals surface area (Å²) in [7, 11) is 1.46. The maximum Gasteiger partial charge on any atom is 0.262 e. The molecule has 0 saturated carbocycles.